The highest BCUT2D eigenvalue weighted by Crippen LogP contribution is 2.36. The molecule has 2 aromatic heterocycles. The number of nitrogens with one attached hydrogen (secondary N) is 1. The van der Waals surface area contributed by atoms with Crippen LogP contribution in [0.1, 0.15) is 26.6 Å². The molecule has 0 unspecified atom stereocenters. The number of carboxylic acid groups (broad SMARTS) is 1. The quantitative estimate of drug-likeness (QED) is 0.842. The summed E-state index contributed by atoms with van der Waals surface area (Å²) in [6.07, 6.45) is 1.98. The fourth-order valence-electron chi connectivity index (χ4n) is 2.56. The zero-order valence-corrected chi connectivity index (χ0v) is 14.0. The number of thiophene rings is 1. The number of sulfonamides is 1. The second kappa shape index (κ2) is 6.08. The van der Waals surface area contributed by atoms with Gasteiger partial charge in [0.2, 0.25) is 0 Å². The van der Waals surface area contributed by atoms with E-state index in [1.807, 2.05) is 0 Å². The third-order valence-corrected chi connectivity index (χ3v) is 7.24. The van der Waals surface area contributed by atoms with E-state index in [0.29, 0.717) is 30.8 Å². The van der Waals surface area contributed by atoms with Gasteiger partial charge in [-0.15, -0.1) is 11.3 Å². The number of carboxylic acids is 1. The number of hydrogen-bond acceptors (Lipinski definition) is 6. The average molecular weight is 356 g/mol. The molecule has 7 nitrogen and oxygen atoms in total. The largest absolute Gasteiger partial charge is 0.478 e. The molecule has 3 heterocycles. The lowest BCUT2D eigenvalue weighted by atomic mass is 10.1. The Labute approximate surface area is 137 Å². The van der Waals surface area contributed by atoms with Crippen LogP contribution >= 0.6 is 11.3 Å². The summed E-state index contributed by atoms with van der Waals surface area (Å²) < 4.78 is 31.8. The molecule has 0 radical (unpaired) electrons. The van der Waals surface area contributed by atoms with E-state index in [1.54, 1.807) is 12.1 Å². The lowest BCUT2D eigenvalue weighted by molar-refractivity contribution is 0.0692. The van der Waals surface area contributed by atoms with E-state index in [2.05, 4.69) is 5.32 Å². The highest BCUT2D eigenvalue weighted by atomic mass is 32.2. The fraction of sp³-hybridized carbons (Fsp3) is 0.357. The Bertz CT molecular complexity index is 824. The van der Waals surface area contributed by atoms with Crippen molar-refractivity contribution in [2.75, 3.05) is 13.6 Å². The number of fused-ring (bicyclic) bond motifs is 1. The van der Waals surface area contributed by atoms with Gasteiger partial charge in [-0.1, -0.05) is 0 Å². The Morgan fingerprint density at radius 3 is 2.96 bits per heavy atom. The van der Waals surface area contributed by atoms with Gasteiger partial charge >= 0.3 is 5.97 Å². The summed E-state index contributed by atoms with van der Waals surface area (Å²) in [7, 11) is -2.48. The van der Waals surface area contributed by atoms with E-state index in [0.717, 1.165) is 20.5 Å². The lowest BCUT2D eigenvalue weighted by Crippen LogP contribution is -2.27. The molecular weight excluding hydrogens is 340 g/mol. The van der Waals surface area contributed by atoms with Crippen LogP contribution in [0.25, 0.3) is 0 Å². The number of aromatic carboxylic acids is 1. The molecule has 2 aromatic rings. The average Bonchev–Trinajstić information content (AvgIpc) is 3.13. The molecule has 0 aliphatic carbocycles. The van der Waals surface area contributed by atoms with E-state index in [-0.39, 0.29) is 16.3 Å². The van der Waals surface area contributed by atoms with Crippen molar-refractivity contribution in [3.8, 4) is 0 Å². The molecule has 0 fully saturated rings. The molecule has 0 atom stereocenters. The minimum absolute atomic E-state index is 0.0508. The first-order chi connectivity index (χ1) is 10.9. The Balaban J connectivity index is 2.02. The summed E-state index contributed by atoms with van der Waals surface area (Å²) in [4.78, 5) is 12.4. The van der Waals surface area contributed by atoms with Crippen molar-refractivity contribution >= 4 is 27.3 Å². The summed E-state index contributed by atoms with van der Waals surface area (Å²) in [6, 6.07) is 3.35. The summed E-state index contributed by atoms with van der Waals surface area (Å²) in [5.41, 5.74) is 0.545. The molecule has 0 bridgehead atoms. The minimum atomic E-state index is -3.90. The summed E-state index contributed by atoms with van der Waals surface area (Å²) in [5, 5.41) is 12.6. The molecule has 0 saturated heterocycles. The molecule has 23 heavy (non-hydrogen) atoms. The zero-order valence-electron chi connectivity index (χ0n) is 12.4. The SMILES string of the molecule is CN(Cc1ccco1)S(=O)(=O)c1sc2c(c1C(=O)O)CCNC2. The van der Waals surface area contributed by atoms with Gasteiger partial charge in [-0.25, -0.2) is 13.2 Å². The molecule has 124 valence electrons. The summed E-state index contributed by atoms with van der Waals surface area (Å²) >= 11 is 1.03. The molecule has 0 saturated carbocycles. The van der Waals surface area contributed by atoms with Gasteiger partial charge in [-0.3, -0.25) is 0 Å². The maximum atomic E-state index is 12.8. The predicted molar refractivity (Wildman–Crippen MR) is 84.0 cm³/mol. The molecule has 3 rings (SSSR count). The van der Waals surface area contributed by atoms with Gasteiger partial charge < -0.3 is 14.8 Å². The lowest BCUT2D eigenvalue weighted by Gasteiger charge is -2.15. The van der Waals surface area contributed by atoms with Crippen molar-refractivity contribution < 1.29 is 22.7 Å². The smallest absolute Gasteiger partial charge is 0.338 e. The number of nitrogens with zero attached hydrogens (tertiary/aromatic N) is 1. The van der Waals surface area contributed by atoms with Crippen LogP contribution in [0.4, 0.5) is 0 Å². The molecular formula is C14H16N2O5S2. The third-order valence-electron chi connectivity index (χ3n) is 3.71. The number of carbonyl (C=O) groups is 1. The molecule has 2 N–H and O–H groups in total. The molecule has 1 aliphatic rings. The number of hydrogen-bond donors (Lipinski definition) is 2. The first-order valence-corrected chi connectivity index (χ1v) is 9.24. The Kier molecular flexibility index (Phi) is 4.28. The van der Waals surface area contributed by atoms with Crippen LogP contribution in [0.5, 0.6) is 0 Å². The van der Waals surface area contributed by atoms with Crippen LogP contribution in [-0.2, 0) is 29.5 Å². The molecule has 0 spiro atoms. The molecule has 9 heteroatoms. The van der Waals surface area contributed by atoms with Crippen LogP contribution in [0, 0.1) is 0 Å². The maximum Gasteiger partial charge on any atom is 0.338 e. The van der Waals surface area contributed by atoms with Crippen molar-refractivity contribution in [2.45, 2.75) is 23.7 Å². The van der Waals surface area contributed by atoms with Crippen molar-refractivity contribution in [2.24, 2.45) is 0 Å². The van der Waals surface area contributed by atoms with Gasteiger partial charge in [0, 0.05) is 18.5 Å². The topological polar surface area (TPSA) is 99.9 Å². The first kappa shape index (κ1) is 16.2. The van der Waals surface area contributed by atoms with Gasteiger partial charge in [-0.05, 0) is 30.7 Å². The van der Waals surface area contributed by atoms with Crippen LogP contribution in [-0.4, -0.2) is 37.4 Å². The standard InChI is InChI=1S/C14H16N2O5S2/c1-16(8-9-3-2-6-21-9)23(19,20)14-12(13(17)18)10-4-5-15-7-11(10)22-14/h2-3,6,15H,4-5,7-8H2,1H3,(H,17,18). The summed E-state index contributed by atoms with van der Waals surface area (Å²) in [5.74, 6) is -0.703. The normalized spacial score (nSPS) is 14.9. The van der Waals surface area contributed by atoms with E-state index >= 15 is 0 Å². The highest BCUT2D eigenvalue weighted by Gasteiger charge is 2.34. The Morgan fingerprint density at radius 1 is 1.52 bits per heavy atom. The van der Waals surface area contributed by atoms with Crippen LogP contribution in [0.3, 0.4) is 0 Å². The van der Waals surface area contributed by atoms with Crippen molar-refractivity contribution in [3.63, 3.8) is 0 Å². The fourth-order valence-corrected chi connectivity index (χ4v) is 5.75. The van der Waals surface area contributed by atoms with Gasteiger partial charge in [0.1, 0.15) is 9.97 Å². The Morgan fingerprint density at radius 2 is 2.30 bits per heavy atom. The van der Waals surface area contributed by atoms with Crippen molar-refractivity contribution in [1.29, 1.82) is 0 Å². The second-order valence-electron chi connectivity index (χ2n) is 5.24. The van der Waals surface area contributed by atoms with E-state index in [4.69, 9.17) is 4.42 Å². The molecule has 1 aliphatic heterocycles. The van der Waals surface area contributed by atoms with E-state index in [1.165, 1.54) is 13.3 Å². The van der Waals surface area contributed by atoms with E-state index in [9.17, 15) is 18.3 Å². The van der Waals surface area contributed by atoms with Crippen LogP contribution in [0.2, 0.25) is 0 Å². The maximum absolute atomic E-state index is 12.8. The summed E-state index contributed by atoms with van der Waals surface area (Å²) in [6.45, 7) is 1.19. The minimum Gasteiger partial charge on any atom is -0.478 e. The first-order valence-electron chi connectivity index (χ1n) is 6.98. The van der Waals surface area contributed by atoms with Crippen LogP contribution in [0.15, 0.2) is 27.0 Å². The second-order valence-corrected chi connectivity index (χ2v) is 8.58. The van der Waals surface area contributed by atoms with E-state index < -0.39 is 16.0 Å². The third kappa shape index (κ3) is 2.92. The van der Waals surface area contributed by atoms with Gasteiger partial charge in [0.25, 0.3) is 10.0 Å². The van der Waals surface area contributed by atoms with Crippen molar-refractivity contribution in [1.82, 2.24) is 9.62 Å². The highest BCUT2D eigenvalue weighted by molar-refractivity contribution is 7.91. The van der Waals surface area contributed by atoms with Gasteiger partial charge in [0.15, 0.2) is 0 Å². The molecule has 0 amide bonds. The molecule has 0 aromatic carbocycles. The number of furan rings is 1. The van der Waals surface area contributed by atoms with Gasteiger partial charge in [0.05, 0.1) is 18.4 Å². The van der Waals surface area contributed by atoms with Crippen molar-refractivity contribution in [3.05, 3.63) is 40.2 Å². The predicted octanol–water partition coefficient (Wildman–Crippen LogP) is 1.51. The number of rotatable bonds is 5. The monoisotopic (exact) mass is 356 g/mol. The Hall–Kier alpha value is -1.68. The van der Waals surface area contributed by atoms with Gasteiger partial charge in [-0.2, -0.15) is 4.31 Å². The van der Waals surface area contributed by atoms with Crippen LogP contribution < -0.4 is 5.32 Å². The zero-order chi connectivity index (χ0) is 16.6.